The molecular formula is C18H16N2S. The number of nitrogens with one attached hydrogen (secondary N) is 1. The summed E-state index contributed by atoms with van der Waals surface area (Å²) in [6.45, 7) is 1.88. The lowest BCUT2D eigenvalue weighted by Gasteiger charge is -2.15. The van der Waals surface area contributed by atoms with Crippen LogP contribution in [0.3, 0.4) is 0 Å². The number of hydrogen-bond donors (Lipinski definition) is 1. The van der Waals surface area contributed by atoms with Crippen molar-refractivity contribution in [3.63, 3.8) is 0 Å². The molecule has 0 aromatic heterocycles. The van der Waals surface area contributed by atoms with E-state index >= 15 is 0 Å². The quantitative estimate of drug-likeness (QED) is 0.740. The van der Waals surface area contributed by atoms with Crippen LogP contribution in [-0.4, -0.2) is 0 Å². The summed E-state index contributed by atoms with van der Waals surface area (Å²) in [5, 5.41) is 13.0. The van der Waals surface area contributed by atoms with Crippen LogP contribution in [0.25, 0.3) is 0 Å². The summed E-state index contributed by atoms with van der Waals surface area (Å²) in [5.41, 5.74) is 4.16. The molecule has 0 fully saturated rings. The summed E-state index contributed by atoms with van der Waals surface area (Å²) >= 11 is 1.86. The van der Waals surface area contributed by atoms with Gasteiger partial charge < -0.3 is 5.32 Å². The van der Waals surface area contributed by atoms with Crippen LogP contribution in [0, 0.1) is 11.3 Å². The Morgan fingerprint density at radius 3 is 2.62 bits per heavy atom. The van der Waals surface area contributed by atoms with E-state index in [4.69, 9.17) is 0 Å². The zero-order valence-electron chi connectivity index (χ0n) is 11.8. The SMILES string of the molecule is C/C(C#N)=C1\C[C@H](c2ccccc2)Sc2ccccc2N1. The van der Waals surface area contributed by atoms with E-state index in [1.165, 1.54) is 10.5 Å². The first-order valence-corrected chi connectivity index (χ1v) is 7.83. The van der Waals surface area contributed by atoms with Gasteiger partial charge in [0.25, 0.3) is 0 Å². The van der Waals surface area contributed by atoms with Gasteiger partial charge in [-0.3, -0.25) is 0 Å². The molecule has 2 aromatic rings. The van der Waals surface area contributed by atoms with E-state index in [0.29, 0.717) is 5.25 Å². The number of nitriles is 1. The van der Waals surface area contributed by atoms with Crippen LogP contribution >= 0.6 is 11.8 Å². The van der Waals surface area contributed by atoms with Crippen molar-refractivity contribution in [2.45, 2.75) is 23.5 Å². The predicted molar refractivity (Wildman–Crippen MR) is 88.0 cm³/mol. The molecule has 1 aliphatic rings. The molecule has 1 heterocycles. The molecule has 0 unspecified atom stereocenters. The van der Waals surface area contributed by atoms with Crippen LogP contribution in [0.1, 0.15) is 24.2 Å². The maximum absolute atomic E-state index is 9.23. The second-order valence-corrected chi connectivity index (χ2v) is 6.30. The molecule has 0 amide bonds. The van der Waals surface area contributed by atoms with Crippen molar-refractivity contribution >= 4 is 17.4 Å². The fraction of sp³-hybridized carbons (Fsp3) is 0.167. The van der Waals surface area contributed by atoms with Gasteiger partial charge >= 0.3 is 0 Å². The average molecular weight is 292 g/mol. The van der Waals surface area contributed by atoms with Crippen LogP contribution in [0.4, 0.5) is 5.69 Å². The first-order chi connectivity index (χ1) is 10.3. The highest BCUT2D eigenvalue weighted by atomic mass is 32.2. The van der Waals surface area contributed by atoms with Gasteiger partial charge in [0.15, 0.2) is 0 Å². The van der Waals surface area contributed by atoms with E-state index < -0.39 is 0 Å². The first kappa shape index (κ1) is 13.8. The summed E-state index contributed by atoms with van der Waals surface area (Å²) in [6.07, 6.45) is 0.836. The fourth-order valence-corrected chi connectivity index (χ4v) is 3.69. The van der Waals surface area contributed by atoms with Crippen LogP contribution in [0.15, 0.2) is 70.8 Å². The van der Waals surface area contributed by atoms with Crippen LogP contribution in [-0.2, 0) is 0 Å². The highest BCUT2D eigenvalue weighted by molar-refractivity contribution is 7.99. The average Bonchev–Trinajstić information content (AvgIpc) is 2.74. The first-order valence-electron chi connectivity index (χ1n) is 6.95. The molecule has 0 aliphatic carbocycles. The van der Waals surface area contributed by atoms with Crippen LogP contribution in [0.5, 0.6) is 0 Å². The molecule has 0 bridgehead atoms. The number of benzene rings is 2. The summed E-state index contributed by atoms with van der Waals surface area (Å²) in [6, 6.07) is 21.0. The molecule has 0 spiro atoms. The van der Waals surface area contributed by atoms with Crippen LogP contribution < -0.4 is 5.32 Å². The van der Waals surface area contributed by atoms with Gasteiger partial charge in [0, 0.05) is 27.8 Å². The lowest BCUT2D eigenvalue weighted by molar-refractivity contribution is 0.917. The van der Waals surface area contributed by atoms with Crippen LogP contribution in [0.2, 0.25) is 0 Å². The number of fused-ring (bicyclic) bond motifs is 1. The Hall–Kier alpha value is -2.18. The van der Waals surface area contributed by atoms with Gasteiger partial charge in [-0.25, -0.2) is 0 Å². The highest BCUT2D eigenvalue weighted by Crippen LogP contribution is 2.45. The number of hydrogen-bond acceptors (Lipinski definition) is 3. The van der Waals surface area contributed by atoms with Crippen molar-refractivity contribution in [1.29, 1.82) is 5.26 Å². The van der Waals surface area contributed by atoms with Crippen molar-refractivity contribution in [3.8, 4) is 6.07 Å². The van der Waals surface area contributed by atoms with Gasteiger partial charge in [-0.15, -0.1) is 11.8 Å². The Bertz CT molecular complexity index is 713. The topological polar surface area (TPSA) is 35.8 Å². The highest BCUT2D eigenvalue weighted by Gasteiger charge is 2.22. The third kappa shape index (κ3) is 2.96. The molecular weight excluding hydrogens is 276 g/mol. The summed E-state index contributed by atoms with van der Waals surface area (Å²) in [4.78, 5) is 1.23. The number of nitrogens with zero attached hydrogens (tertiary/aromatic N) is 1. The van der Waals surface area contributed by atoms with E-state index in [1.807, 2.05) is 30.8 Å². The molecule has 2 aromatic carbocycles. The number of thioether (sulfide) groups is 1. The van der Waals surface area contributed by atoms with Crippen molar-refractivity contribution < 1.29 is 0 Å². The Balaban J connectivity index is 2.06. The molecule has 2 nitrogen and oxygen atoms in total. The van der Waals surface area contributed by atoms with Gasteiger partial charge in [0.1, 0.15) is 0 Å². The predicted octanol–water partition coefficient (Wildman–Crippen LogP) is 5.13. The lowest BCUT2D eigenvalue weighted by atomic mass is 10.1. The van der Waals surface area contributed by atoms with E-state index in [1.54, 1.807) is 0 Å². The molecule has 0 saturated carbocycles. The summed E-state index contributed by atoms with van der Waals surface area (Å²) < 4.78 is 0. The molecule has 1 atom stereocenters. The monoisotopic (exact) mass is 292 g/mol. The molecule has 1 aliphatic heterocycles. The number of rotatable bonds is 1. The van der Waals surface area contributed by atoms with E-state index in [-0.39, 0.29) is 0 Å². The maximum Gasteiger partial charge on any atom is 0.0962 e. The molecule has 0 saturated heterocycles. The molecule has 0 radical (unpaired) electrons. The molecule has 3 rings (SSSR count). The van der Waals surface area contributed by atoms with Gasteiger partial charge in [0.2, 0.25) is 0 Å². The zero-order chi connectivity index (χ0) is 14.7. The van der Waals surface area contributed by atoms with E-state index in [0.717, 1.165) is 23.4 Å². The van der Waals surface area contributed by atoms with Gasteiger partial charge in [0.05, 0.1) is 11.8 Å². The Morgan fingerprint density at radius 1 is 1.14 bits per heavy atom. The lowest BCUT2D eigenvalue weighted by Crippen LogP contribution is -2.03. The minimum absolute atomic E-state index is 0.320. The summed E-state index contributed by atoms with van der Waals surface area (Å²) in [5.74, 6) is 0. The molecule has 3 heteroatoms. The number of allylic oxidation sites excluding steroid dienone is 2. The van der Waals surface area contributed by atoms with Gasteiger partial charge in [-0.05, 0) is 24.6 Å². The Kier molecular flexibility index (Phi) is 3.98. The normalized spacial score (nSPS) is 19.7. The van der Waals surface area contributed by atoms with E-state index in [9.17, 15) is 5.26 Å². The largest absolute Gasteiger partial charge is 0.357 e. The molecule has 104 valence electrons. The number of anilines is 1. The minimum atomic E-state index is 0.320. The van der Waals surface area contributed by atoms with Crippen molar-refractivity contribution in [2.24, 2.45) is 0 Å². The number of para-hydroxylation sites is 1. The third-order valence-electron chi connectivity index (χ3n) is 3.62. The smallest absolute Gasteiger partial charge is 0.0962 e. The molecule has 21 heavy (non-hydrogen) atoms. The fourth-order valence-electron chi connectivity index (χ4n) is 2.43. The van der Waals surface area contributed by atoms with Gasteiger partial charge in [-0.1, -0.05) is 42.5 Å². The second kappa shape index (κ2) is 6.07. The Labute approximate surface area is 129 Å². The second-order valence-electron chi connectivity index (χ2n) is 5.06. The maximum atomic E-state index is 9.23. The van der Waals surface area contributed by atoms with Crippen molar-refractivity contribution in [3.05, 3.63) is 71.4 Å². The minimum Gasteiger partial charge on any atom is -0.357 e. The third-order valence-corrected chi connectivity index (χ3v) is 4.96. The summed E-state index contributed by atoms with van der Waals surface area (Å²) in [7, 11) is 0. The van der Waals surface area contributed by atoms with E-state index in [2.05, 4.69) is 53.9 Å². The zero-order valence-corrected chi connectivity index (χ0v) is 12.7. The van der Waals surface area contributed by atoms with Crippen molar-refractivity contribution in [2.75, 3.05) is 5.32 Å². The van der Waals surface area contributed by atoms with Gasteiger partial charge in [-0.2, -0.15) is 5.26 Å². The molecule has 1 N–H and O–H groups in total. The Morgan fingerprint density at radius 2 is 1.86 bits per heavy atom. The van der Waals surface area contributed by atoms with Crippen molar-refractivity contribution in [1.82, 2.24) is 0 Å². The standard InChI is InChI=1S/C18H16N2S/c1-13(12-19)16-11-18(14-7-3-2-4-8-14)21-17-10-6-5-9-15(17)20-16/h2-10,18,20H,11H2,1H3/b16-13-/t18-/m1/s1.